The Morgan fingerprint density at radius 3 is 2.81 bits per heavy atom. The smallest absolute Gasteiger partial charge is 0.290 e. The molecule has 0 bridgehead atoms. The number of imidazole rings is 1. The second kappa shape index (κ2) is 6.51. The van der Waals surface area contributed by atoms with Gasteiger partial charge >= 0.3 is 0 Å². The molecule has 2 rings (SSSR count). The maximum absolute atomic E-state index is 11.9. The van der Waals surface area contributed by atoms with E-state index in [1.54, 1.807) is 12.5 Å². The highest BCUT2D eigenvalue weighted by Gasteiger charge is 2.20. The van der Waals surface area contributed by atoms with E-state index in [2.05, 4.69) is 25.5 Å². The molecule has 0 saturated heterocycles. The molecular formula is C14H22N6O. The van der Waals surface area contributed by atoms with E-state index >= 15 is 0 Å². The molecule has 114 valence electrons. The van der Waals surface area contributed by atoms with Crippen molar-refractivity contribution < 1.29 is 4.79 Å². The van der Waals surface area contributed by atoms with Gasteiger partial charge in [0.15, 0.2) is 0 Å². The molecule has 0 unspecified atom stereocenters. The van der Waals surface area contributed by atoms with Crippen molar-refractivity contribution in [2.75, 3.05) is 6.54 Å². The lowest BCUT2D eigenvalue weighted by atomic mass is 9.96. The summed E-state index contributed by atoms with van der Waals surface area (Å²) in [7, 11) is 0. The third kappa shape index (κ3) is 4.40. The molecule has 0 atom stereocenters. The summed E-state index contributed by atoms with van der Waals surface area (Å²) in [4.78, 5) is 20.1. The summed E-state index contributed by atoms with van der Waals surface area (Å²) < 4.78 is 2.02. The molecule has 7 heteroatoms. The van der Waals surface area contributed by atoms with Crippen LogP contribution in [0.5, 0.6) is 0 Å². The summed E-state index contributed by atoms with van der Waals surface area (Å²) in [6, 6.07) is 0. The summed E-state index contributed by atoms with van der Waals surface area (Å²) in [6.45, 7) is 7.58. The number of hydrogen-bond acceptors (Lipinski definition) is 4. The molecule has 0 radical (unpaired) electrons. The number of nitrogens with zero attached hydrogens (tertiary/aromatic N) is 4. The maximum atomic E-state index is 11.9. The minimum absolute atomic E-state index is 0.143. The first-order chi connectivity index (χ1) is 9.97. The molecule has 1 amide bonds. The number of rotatable bonds is 6. The van der Waals surface area contributed by atoms with Gasteiger partial charge in [0.25, 0.3) is 5.91 Å². The van der Waals surface area contributed by atoms with Crippen molar-refractivity contribution in [1.29, 1.82) is 0 Å². The van der Waals surface area contributed by atoms with E-state index in [1.165, 1.54) is 0 Å². The minimum atomic E-state index is -0.232. The Morgan fingerprint density at radius 2 is 2.19 bits per heavy atom. The van der Waals surface area contributed by atoms with Crippen LogP contribution in [0.25, 0.3) is 0 Å². The van der Waals surface area contributed by atoms with Gasteiger partial charge < -0.3 is 9.88 Å². The van der Waals surface area contributed by atoms with E-state index in [1.807, 2.05) is 31.5 Å². The third-order valence-electron chi connectivity index (χ3n) is 3.09. The van der Waals surface area contributed by atoms with Gasteiger partial charge in [-0.15, -0.1) is 5.10 Å². The molecule has 0 aromatic carbocycles. The topological polar surface area (TPSA) is 88.5 Å². The summed E-state index contributed by atoms with van der Waals surface area (Å²) in [5.41, 5.74) is -0.143. The Morgan fingerprint density at radius 1 is 1.38 bits per heavy atom. The predicted octanol–water partition coefficient (Wildman–Crippen LogP) is 1.51. The molecule has 7 nitrogen and oxygen atoms in total. The Labute approximate surface area is 124 Å². The van der Waals surface area contributed by atoms with E-state index in [4.69, 9.17) is 0 Å². The number of aryl methyl sites for hydroxylation is 1. The van der Waals surface area contributed by atoms with Gasteiger partial charge in [-0.3, -0.25) is 9.89 Å². The zero-order valence-electron chi connectivity index (χ0n) is 12.8. The normalized spacial score (nSPS) is 11.6. The zero-order chi connectivity index (χ0) is 15.3. The largest absolute Gasteiger partial charge is 0.349 e. The molecule has 2 aromatic heterocycles. The number of amides is 1. The van der Waals surface area contributed by atoms with Crippen molar-refractivity contribution in [2.24, 2.45) is 0 Å². The lowest BCUT2D eigenvalue weighted by Gasteiger charge is -2.12. The molecule has 2 heterocycles. The molecule has 0 aliphatic heterocycles. The van der Waals surface area contributed by atoms with Crippen molar-refractivity contribution >= 4 is 5.91 Å². The number of H-pyrrole nitrogens is 1. The molecule has 0 aliphatic rings. The maximum Gasteiger partial charge on any atom is 0.290 e. The quantitative estimate of drug-likeness (QED) is 0.789. The van der Waals surface area contributed by atoms with Crippen LogP contribution in [0.15, 0.2) is 18.7 Å². The fourth-order valence-electron chi connectivity index (χ4n) is 1.82. The van der Waals surface area contributed by atoms with Crippen molar-refractivity contribution in [3.63, 3.8) is 0 Å². The van der Waals surface area contributed by atoms with E-state index in [0.717, 1.165) is 19.4 Å². The molecule has 21 heavy (non-hydrogen) atoms. The van der Waals surface area contributed by atoms with Crippen molar-refractivity contribution in [1.82, 2.24) is 30.0 Å². The van der Waals surface area contributed by atoms with Gasteiger partial charge in [0, 0.05) is 30.9 Å². The van der Waals surface area contributed by atoms with Crippen LogP contribution in [0.4, 0.5) is 0 Å². The molecule has 0 aliphatic carbocycles. The van der Waals surface area contributed by atoms with Gasteiger partial charge in [0.2, 0.25) is 5.82 Å². The highest BCUT2D eigenvalue weighted by Crippen LogP contribution is 2.17. The van der Waals surface area contributed by atoms with Crippen molar-refractivity contribution in [3.05, 3.63) is 30.4 Å². The summed E-state index contributed by atoms with van der Waals surface area (Å²) in [6.07, 6.45) is 7.37. The van der Waals surface area contributed by atoms with E-state index in [0.29, 0.717) is 12.4 Å². The number of nitrogens with one attached hydrogen (secondary N) is 2. The van der Waals surface area contributed by atoms with Crippen LogP contribution in [0.2, 0.25) is 0 Å². The van der Waals surface area contributed by atoms with Crippen LogP contribution >= 0.6 is 0 Å². The van der Waals surface area contributed by atoms with Gasteiger partial charge in [0.05, 0.1) is 6.33 Å². The van der Waals surface area contributed by atoms with E-state index in [9.17, 15) is 4.79 Å². The van der Waals surface area contributed by atoms with Crippen LogP contribution in [0.3, 0.4) is 0 Å². The second-order valence-electron chi connectivity index (χ2n) is 6.02. The Hall–Kier alpha value is -2.18. The molecule has 2 aromatic rings. The lowest BCUT2D eigenvalue weighted by molar-refractivity contribution is 0.0943. The van der Waals surface area contributed by atoms with Gasteiger partial charge in [-0.25, -0.2) is 9.97 Å². The fraction of sp³-hybridized carbons (Fsp3) is 0.571. The molecule has 0 fully saturated rings. The van der Waals surface area contributed by atoms with Crippen LogP contribution < -0.4 is 5.32 Å². The summed E-state index contributed by atoms with van der Waals surface area (Å²) >= 11 is 0. The van der Waals surface area contributed by atoms with Gasteiger partial charge in [0.1, 0.15) is 5.82 Å². The molecule has 2 N–H and O–H groups in total. The van der Waals surface area contributed by atoms with Crippen LogP contribution in [-0.4, -0.2) is 37.2 Å². The number of unbranched alkanes of at least 4 members (excludes halogenated alkanes) is 1. The number of aromatic nitrogens is 5. The van der Waals surface area contributed by atoms with Crippen molar-refractivity contribution in [2.45, 2.75) is 45.6 Å². The lowest BCUT2D eigenvalue weighted by Crippen LogP contribution is -2.26. The first kappa shape index (κ1) is 15.2. The SMILES string of the molecule is CC(C)(C)c1nc(C(=O)NCCCCn2ccnc2)n[nH]1. The predicted molar refractivity (Wildman–Crippen MR) is 78.9 cm³/mol. The van der Waals surface area contributed by atoms with Crippen LogP contribution in [0, 0.1) is 0 Å². The van der Waals surface area contributed by atoms with Crippen LogP contribution in [0.1, 0.15) is 50.1 Å². The average molecular weight is 290 g/mol. The third-order valence-corrected chi connectivity index (χ3v) is 3.09. The highest BCUT2D eigenvalue weighted by molar-refractivity contribution is 5.90. The second-order valence-corrected chi connectivity index (χ2v) is 6.02. The van der Waals surface area contributed by atoms with E-state index < -0.39 is 0 Å². The Bertz CT molecular complexity index is 567. The number of carbonyl (C=O) groups is 1. The summed E-state index contributed by atoms with van der Waals surface area (Å²) in [5.74, 6) is 0.687. The zero-order valence-corrected chi connectivity index (χ0v) is 12.8. The van der Waals surface area contributed by atoms with Gasteiger partial charge in [-0.1, -0.05) is 20.8 Å². The molecule has 0 saturated carbocycles. The first-order valence-corrected chi connectivity index (χ1v) is 7.13. The Kier molecular flexibility index (Phi) is 4.72. The highest BCUT2D eigenvalue weighted by atomic mass is 16.2. The molecule has 0 spiro atoms. The minimum Gasteiger partial charge on any atom is -0.349 e. The first-order valence-electron chi connectivity index (χ1n) is 7.13. The average Bonchev–Trinajstić information content (AvgIpc) is 3.08. The fourth-order valence-corrected chi connectivity index (χ4v) is 1.82. The number of aromatic amines is 1. The summed E-state index contributed by atoms with van der Waals surface area (Å²) in [5, 5.41) is 9.61. The number of hydrogen-bond donors (Lipinski definition) is 2. The van der Waals surface area contributed by atoms with Gasteiger partial charge in [-0.05, 0) is 12.8 Å². The Balaban J connectivity index is 1.71. The number of carbonyl (C=O) groups excluding carboxylic acids is 1. The van der Waals surface area contributed by atoms with Gasteiger partial charge in [-0.2, -0.15) is 0 Å². The standard InChI is InChI=1S/C14H22N6O/c1-14(2,3)13-17-11(18-19-13)12(21)16-6-4-5-8-20-9-7-15-10-20/h7,9-10H,4-6,8H2,1-3H3,(H,16,21)(H,17,18,19). The monoisotopic (exact) mass is 290 g/mol. The molecular weight excluding hydrogens is 268 g/mol. The van der Waals surface area contributed by atoms with Crippen molar-refractivity contribution in [3.8, 4) is 0 Å². The van der Waals surface area contributed by atoms with Crippen LogP contribution in [-0.2, 0) is 12.0 Å². The van der Waals surface area contributed by atoms with E-state index in [-0.39, 0.29) is 17.1 Å².